The largest absolute Gasteiger partial charge is 0.320 e. The van der Waals surface area contributed by atoms with Gasteiger partial charge in [-0.1, -0.05) is 13.8 Å². The van der Waals surface area contributed by atoms with Gasteiger partial charge in [0.1, 0.15) is 0 Å². The molecule has 0 aromatic heterocycles. The fourth-order valence-electron chi connectivity index (χ4n) is 3.37. The molecule has 2 saturated carbocycles. The number of hydrogen-bond donors (Lipinski definition) is 0. The van der Waals surface area contributed by atoms with Crippen molar-refractivity contribution in [3.63, 3.8) is 0 Å². The van der Waals surface area contributed by atoms with Crippen LogP contribution >= 0.6 is 8.25 Å². The monoisotopic (exact) mass is 302 g/mol. The van der Waals surface area contributed by atoms with Crippen LogP contribution in [0.3, 0.4) is 0 Å². The minimum Gasteiger partial charge on any atom is -0.304 e. The second-order valence-corrected chi connectivity index (χ2v) is 8.63. The van der Waals surface area contributed by atoms with Gasteiger partial charge in [-0.2, -0.15) is 0 Å². The molecule has 0 bridgehead atoms. The highest BCUT2D eigenvalue weighted by atomic mass is 31.1. The second kappa shape index (κ2) is 6.50. The summed E-state index contributed by atoms with van der Waals surface area (Å²) in [4.78, 5) is 0. The summed E-state index contributed by atoms with van der Waals surface area (Å²) in [6.07, 6.45) is 8.68. The lowest BCUT2D eigenvalue weighted by Crippen LogP contribution is -2.34. The molecule has 20 heavy (non-hydrogen) atoms. The van der Waals surface area contributed by atoms with E-state index in [2.05, 4.69) is 27.7 Å². The molecule has 0 amide bonds. The molecule has 0 aromatic rings. The Kier molecular flexibility index (Phi) is 5.37. The molecular formula is C16H31O3P. The van der Waals surface area contributed by atoms with Gasteiger partial charge in [0.2, 0.25) is 0 Å². The zero-order chi connectivity index (χ0) is 14.8. The molecule has 2 rings (SSSR count). The summed E-state index contributed by atoms with van der Waals surface area (Å²) < 4.78 is 24.0. The predicted molar refractivity (Wildman–Crippen MR) is 83.2 cm³/mol. The van der Waals surface area contributed by atoms with Crippen molar-refractivity contribution in [3.05, 3.63) is 0 Å². The summed E-state index contributed by atoms with van der Waals surface area (Å²) in [6.45, 7) is 8.75. The van der Waals surface area contributed by atoms with Crippen LogP contribution in [0.5, 0.6) is 0 Å². The Morgan fingerprint density at radius 1 is 0.800 bits per heavy atom. The van der Waals surface area contributed by atoms with Crippen molar-refractivity contribution in [1.29, 1.82) is 0 Å². The average molecular weight is 302 g/mol. The normalized spacial score (nSPS) is 44.2. The van der Waals surface area contributed by atoms with Crippen molar-refractivity contribution in [1.82, 2.24) is 0 Å². The molecule has 0 N–H and O–H groups in total. The Balaban J connectivity index is 1.83. The van der Waals surface area contributed by atoms with Crippen LogP contribution in [0.15, 0.2) is 0 Å². The summed E-state index contributed by atoms with van der Waals surface area (Å²) in [6, 6.07) is 0. The predicted octanol–water partition coefficient (Wildman–Crippen LogP) is 5.35. The van der Waals surface area contributed by atoms with Crippen LogP contribution in [0.2, 0.25) is 0 Å². The lowest BCUT2D eigenvalue weighted by Gasteiger charge is -2.39. The first-order valence-corrected chi connectivity index (χ1v) is 9.45. The molecule has 0 atom stereocenters. The van der Waals surface area contributed by atoms with Gasteiger partial charge in [0, 0.05) is 0 Å². The van der Waals surface area contributed by atoms with E-state index in [4.69, 9.17) is 9.05 Å². The van der Waals surface area contributed by atoms with E-state index in [1.165, 1.54) is 25.7 Å². The van der Waals surface area contributed by atoms with Gasteiger partial charge in [-0.15, -0.1) is 0 Å². The maximum Gasteiger partial charge on any atom is 0.320 e. The third-order valence-corrected chi connectivity index (χ3v) is 6.64. The van der Waals surface area contributed by atoms with Crippen molar-refractivity contribution in [2.75, 3.05) is 0 Å². The van der Waals surface area contributed by atoms with Crippen LogP contribution in [0, 0.1) is 11.8 Å². The van der Waals surface area contributed by atoms with E-state index in [1.54, 1.807) is 0 Å². The standard InChI is InChI=1S/C16H31O3P/c1-13-5-9-15(3,10-6-13)18-20(17)19-16(4)11-7-14(2)8-12-16/h13-14,20H,5-12H2,1-4H3. The summed E-state index contributed by atoms with van der Waals surface area (Å²) in [5, 5.41) is 0. The molecular weight excluding hydrogens is 271 g/mol. The summed E-state index contributed by atoms with van der Waals surface area (Å²) in [5.74, 6) is 1.54. The van der Waals surface area contributed by atoms with Crippen molar-refractivity contribution in [2.45, 2.75) is 90.3 Å². The fourth-order valence-corrected chi connectivity index (χ4v) is 4.63. The van der Waals surface area contributed by atoms with Gasteiger partial charge in [0.05, 0.1) is 11.2 Å². The molecule has 0 aromatic carbocycles. The molecule has 0 unspecified atom stereocenters. The van der Waals surface area contributed by atoms with Gasteiger partial charge in [-0.3, -0.25) is 4.57 Å². The number of hydrogen-bond acceptors (Lipinski definition) is 3. The van der Waals surface area contributed by atoms with Crippen molar-refractivity contribution < 1.29 is 13.6 Å². The molecule has 0 radical (unpaired) electrons. The Bertz CT molecular complexity index is 308. The molecule has 2 aliphatic rings. The van der Waals surface area contributed by atoms with Gasteiger partial charge in [-0.25, -0.2) is 0 Å². The van der Waals surface area contributed by atoms with Crippen LogP contribution in [-0.2, 0) is 13.6 Å². The molecule has 0 saturated heterocycles. The van der Waals surface area contributed by atoms with Gasteiger partial charge >= 0.3 is 8.25 Å². The van der Waals surface area contributed by atoms with Gasteiger partial charge in [0.25, 0.3) is 0 Å². The summed E-state index contributed by atoms with van der Waals surface area (Å²) in [5.41, 5.74) is -0.470. The van der Waals surface area contributed by atoms with E-state index in [0.717, 1.165) is 37.5 Å². The summed E-state index contributed by atoms with van der Waals surface area (Å²) >= 11 is 0. The van der Waals surface area contributed by atoms with E-state index >= 15 is 0 Å². The highest BCUT2D eigenvalue weighted by Crippen LogP contribution is 2.46. The van der Waals surface area contributed by atoms with E-state index in [0.29, 0.717) is 0 Å². The lowest BCUT2D eigenvalue weighted by atomic mass is 9.81. The van der Waals surface area contributed by atoms with E-state index in [-0.39, 0.29) is 11.2 Å². The SMILES string of the molecule is CC1CCC(C)(O[PH](=O)OC2(C)CCC(C)CC2)CC1. The molecule has 2 aliphatic carbocycles. The number of rotatable bonds is 4. The first-order chi connectivity index (χ1) is 9.30. The fraction of sp³-hybridized carbons (Fsp3) is 1.00. The second-order valence-electron chi connectivity index (χ2n) is 7.72. The first-order valence-electron chi connectivity index (χ1n) is 8.22. The average Bonchev–Trinajstić information content (AvgIpc) is 2.37. The van der Waals surface area contributed by atoms with Crippen LogP contribution in [0.25, 0.3) is 0 Å². The molecule has 0 heterocycles. The van der Waals surface area contributed by atoms with Gasteiger partial charge in [-0.05, 0) is 77.0 Å². The van der Waals surface area contributed by atoms with Crippen LogP contribution in [0.1, 0.15) is 79.1 Å². The third kappa shape index (κ3) is 4.58. The maximum atomic E-state index is 12.3. The van der Waals surface area contributed by atoms with Crippen molar-refractivity contribution in [3.8, 4) is 0 Å². The van der Waals surface area contributed by atoms with Gasteiger partial charge < -0.3 is 9.05 Å². The smallest absolute Gasteiger partial charge is 0.304 e. The molecule has 118 valence electrons. The summed E-state index contributed by atoms with van der Waals surface area (Å²) in [7, 11) is -2.39. The van der Waals surface area contributed by atoms with E-state index in [9.17, 15) is 4.57 Å². The van der Waals surface area contributed by atoms with Gasteiger partial charge in [0.15, 0.2) is 0 Å². The lowest BCUT2D eigenvalue weighted by molar-refractivity contribution is -0.0145. The maximum absolute atomic E-state index is 12.3. The first kappa shape index (κ1) is 16.5. The molecule has 0 spiro atoms. The zero-order valence-corrected chi connectivity index (χ0v) is 14.5. The Morgan fingerprint density at radius 3 is 1.40 bits per heavy atom. The van der Waals surface area contributed by atoms with E-state index < -0.39 is 8.25 Å². The van der Waals surface area contributed by atoms with Crippen LogP contribution in [0.4, 0.5) is 0 Å². The Morgan fingerprint density at radius 2 is 1.10 bits per heavy atom. The third-order valence-electron chi connectivity index (χ3n) is 5.32. The minimum atomic E-state index is -2.39. The Hall–Kier alpha value is 0.150. The minimum absolute atomic E-state index is 0.235. The van der Waals surface area contributed by atoms with E-state index in [1.807, 2.05) is 0 Å². The van der Waals surface area contributed by atoms with Crippen molar-refractivity contribution in [2.24, 2.45) is 11.8 Å². The van der Waals surface area contributed by atoms with Crippen LogP contribution in [-0.4, -0.2) is 11.2 Å². The quantitative estimate of drug-likeness (QED) is 0.657. The van der Waals surface area contributed by atoms with Crippen LogP contribution < -0.4 is 0 Å². The highest BCUT2D eigenvalue weighted by molar-refractivity contribution is 7.33. The molecule has 3 nitrogen and oxygen atoms in total. The topological polar surface area (TPSA) is 35.5 Å². The Labute approximate surface area is 124 Å². The highest BCUT2D eigenvalue weighted by Gasteiger charge is 2.36. The van der Waals surface area contributed by atoms with Crippen molar-refractivity contribution >= 4 is 8.25 Å². The zero-order valence-electron chi connectivity index (χ0n) is 13.5. The molecule has 0 aliphatic heterocycles. The molecule has 2 fully saturated rings. The molecule has 4 heteroatoms.